The van der Waals surface area contributed by atoms with Crippen molar-refractivity contribution in [1.29, 1.82) is 5.26 Å². The number of nitriles is 1. The first-order valence-electron chi connectivity index (χ1n) is 10.5. The number of rotatable bonds is 4. The van der Waals surface area contributed by atoms with E-state index in [0.717, 1.165) is 10.4 Å². The molecule has 6 nitrogen and oxygen atoms in total. The van der Waals surface area contributed by atoms with Crippen LogP contribution in [0.5, 0.6) is 0 Å². The molecule has 1 aromatic heterocycles. The molecule has 168 valence electrons. The molecule has 1 unspecified atom stereocenters. The zero-order chi connectivity index (χ0) is 23.9. The monoisotopic (exact) mass is 461 g/mol. The number of halogens is 1. The van der Waals surface area contributed by atoms with Crippen molar-refractivity contribution in [2.45, 2.75) is 38.1 Å². The van der Waals surface area contributed by atoms with E-state index < -0.39 is 17.3 Å². The maximum Gasteiger partial charge on any atom is 0.239 e. The highest BCUT2D eigenvalue weighted by Crippen LogP contribution is 2.46. The maximum atomic E-state index is 13.8. The van der Waals surface area contributed by atoms with Crippen molar-refractivity contribution in [2.24, 2.45) is 10.7 Å². The third kappa shape index (κ3) is 3.89. The number of thiazole rings is 1. The van der Waals surface area contributed by atoms with Crippen LogP contribution in [-0.2, 0) is 10.3 Å². The molecule has 0 saturated carbocycles. The van der Waals surface area contributed by atoms with Gasteiger partial charge in [-0.2, -0.15) is 5.26 Å². The molecule has 0 fully saturated rings. The van der Waals surface area contributed by atoms with Gasteiger partial charge >= 0.3 is 0 Å². The lowest BCUT2D eigenvalue weighted by molar-refractivity contribution is -0.130. The van der Waals surface area contributed by atoms with Gasteiger partial charge in [-0.1, -0.05) is 44.2 Å². The first-order valence-corrected chi connectivity index (χ1v) is 11.4. The van der Waals surface area contributed by atoms with E-state index in [4.69, 9.17) is 16.0 Å². The largest absolute Gasteiger partial charge is 0.369 e. The number of amides is 1. The summed E-state index contributed by atoms with van der Waals surface area (Å²) in [6, 6.07) is 14.2. The van der Waals surface area contributed by atoms with Gasteiger partial charge in [0.1, 0.15) is 22.4 Å². The number of benzene rings is 2. The number of nitrogens with two attached hydrogens (primary N) is 1. The van der Waals surface area contributed by atoms with Crippen molar-refractivity contribution < 1.29 is 9.18 Å². The van der Waals surface area contributed by atoms with E-state index in [1.165, 1.54) is 33.9 Å². The van der Waals surface area contributed by atoms with E-state index in [1.54, 1.807) is 19.3 Å². The Labute approximate surface area is 196 Å². The summed E-state index contributed by atoms with van der Waals surface area (Å²) in [5, 5.41) is 9.78. The minimum atomic E-state index is -1.02. The van der Waals surface area contributed by atoms with Gasteiger partial charge in [-0.25, -0.2) is 14.4 Å². The number of carbonyl (C=O) groups excluding carboxylic acids is 1. The fourth-order valence-electron chi connectivity index (χ4n) is 4.04. The van der Waals surface area contributed by atoms with Crippen molar-refractivity contribution in [1.82, 2.24) is 9.88 Å². The molecule has 3 aromatic rings. The maximum absolute atomic E-state index is 13.8. The standard InChI is InChI=1S/C25H24FN5OS/c1-14(2)15-5-7-16(8-6-15)21-22(32)31(4)24(28)30-25(21,3)23-29-13-20(33-23)17-9-10-19(26)18(11-17)12-27/h5-11,13-14,21H,1-4H3,(H2,28,30)/t21?,25-/m0/s1. The van der Waals surface area contributed by atoms with Gasteiger partial charge in [-0.3, -0.25) is 9.69 Å². The van der Waals surface area contributed by atoms with Crippen LogP contribution in [-0.4, -0.2) is 28.8 Å². The van der Waals surface area contributed by atoms with Crippen LogP contribution in [0.1, 0.15) is 54.3 Å². The number of aliphatic imine (C=N–C) groups is 1. The Bertz CT molecular complexity index is 1290. The van der Waals surface area contributed by atoms with Crippen molar-refractivity contribution in [3.63, 3.8) is 0 Å². The summed E-state index contributed by atoms with van der Waals surface area (Å²) in [4.78, 5) is 24.8. The van der Waals surface area contributed by atoms with Crippen LogP contribution in [0.3, 0.4) is 0 Å². The number of hydrogen-bond donors (Lipinski definition) is 1. The van der Waals surface area contributed by atoms with Gasteiger partial charge in [-0.15, -0.1) is 11.3 Å². The lowest BCUT2D eigenvalue weighted by Crippen LogP contribution is -2.52. The molecule has 2 atom stereocenters. The Kier molecular flexibility index (Phi) is 5.76. The number of likely N-dealkylation sites (N-methyl/N-ethyl adjacent to an activating group) is 1. The second kappa shape index (κ2) is 8.41. The van der Waals surface area contributed by atoms with E-state index in [0.29, 0.717) is 16.5 Å². The molecular weight excluding hydrogens is 437 g/mol. The summed E-state index contributed by atoms with van der Waals surface area (Å²) >= 11 is 1.35. The van der Waals surface area contributed by atoms with Crippen molar-refractivity contribution >= 4 is 23.2 Å². The average molecular weight is 462 g/mol. The number of guanidine groups is 1. The number of carbonyl (C=O) groups is 1. The second-order valence-electron chi connectivity index (χ2n) is 8.61. The predicted molar refractivity (Wildman–Crippen MR) is 127 cm³/mol. The topological polar surface area (TPSA) is 95.4 Å². The van der Waals surface area contributed by atoms with Gasteiger partial charge in [-0.05, 0) is 41.7 Å². The van der Waals surface area contributed by atoms with E-state index in [2.05, 4.69) is 18.8 Å². The van der Waals surface area contributed by atoms with Gasteiger partial charge < -0.3 is 5.73 Å². The number of hydrogen-bond acceptors (Lipinski definition) is 6. The van der Waals surface area contributed by atoms with Gasteiger partial charge in [0.2, 0.25) is 5.91 Å². The molecule has 33 heavy (non-hydrogen) atoms. The van der Waals surface area contributed by atoms with Crippen LogP contribution in [0.2, 0.25) is 0 Å². The zero-order valence-electron chi connectivity index (χ0n) is 18.8. The minimum absolute atomic E-state index is 0.0338. The Morgan fingerprint density at radius 2 is 1.94 bits per heavy atom. The number of nitrogens with zero attached hydrogens (tertiary/aromatic N) is 4. The molecule has 4 rings (SSSR count). The highest BCUT2D eigenvalue weighted by atomic mass is 32.1. The zero-order valence-corrected chi connectivity index (χ0v) is 19.7. The fraction of sp³-hybridized carbons (Fsp3) is 0.280. The van der Waals surface area contributed by atoms with Crippen LogP contribution in [0.4, 0.5) is 4.39 Å². The Morgan fingerprint density at radius 1 is 1.24 bits per heavy atom. The van der Waals surface area contributed by atoms with Gasteiger partial charge in [0.05, 0.1) is 16.4 Å². The molecule has 2 heterocycles. The van der Waals surface area contributed by atoms with Crippen LogP contribution in [0, 0.1) is 17.1 Å². The van der Waals surface area contributed by atoms with Crippen molar-refractivity contribution in [3.05, 3.63) is 76.2 Å². The summed E-state index contributed by atoms with van der Waals surface area (Å²) in [7, 11) is 1.62. The smallest absolute Gasteiger partial charge is 0.239 e. The summed E-state index contributed by atoms with van der Waals surface area (Å²) in [5.74, 6) is -0.839. The molecular formula is C25H24FN5OS. The predicted octanol–water partition coefficient (Wildman–Crippen LogP) is 4.73. The fourth-order valence-corrected chi connectivity index (χ4v) is 5.08. The minimum Gasteiger partial charge on any atom is -0.369 e. The van der Waals surface area contributed by atoms with Gasteiger partial charge in [0, 0.05) is 13.2 Å². The summed E-state index contributed by atoms with van der Waals surface area (Å²) < 4.78 is 13.8. The first-order chi connectivity index (χ1) is 15.7. The van der Waals surface area contributed by atoms with E-state index >= 15 is 0 Å². The van der Waals surface area contributed by atoms with Crippen LogP contribution in [0.15, 0.2) is 53.7 Å². The molecule has 1 amide bonds. The summed E-state index contributed by atoms with van der Waals surface area (Å²) in [5.41, 5.74) is 7.75. The molecule has 2 aromatic carbocycles. The molecule has 0 saturated heterocycles. The first kappa shape index (κ1) is 22.6. The number of aromatic nitrogens is 1. The molecule has 1 aliphatic heterocycles. The van der Waals surface area contributed by atoms with Crippen LogP contribution < -0.4 is 5.73 Å². The highest BCUT2D eigenvalue weighted by Gasteiger charge is 2.49. The van der Waals surface area contributed by atoms with Crippen molar-refractivity contribution in [2.75, 3.05) is 7.05 Å². The third-order valence-electron chi connectivity index (χ3n) is 6.08. The quantitative estimate of drug-likeness (QED) is 0.608. The molecule has 0 bridgehead atoms. The molecule has 8 heteroatoms. The average Bonchev–Trinajstić information content (AvgIpc) is 3.29. The molecule has 1 aliphatic rings. The SMILES string of the molecule is CC(C)c1ccc(C2C(=O)N(C)C(N)=N[C@]2(C)c2ncc(-c3ccc(F)c(C#N)c3)s2)cc1. The van der Waals surface area contributed by atoms with Gasteiger partial charge in [0.25, 0.3) is 0 Å². The third-order valence-corrected chi connectivity index (χ3v) is 7.35. The molecule has 0 spiro atoms. The summed E-state index contributed by atoms with van der Waals surface area (Å²) in [6.45, 7) is 6.10. The molecule has 0 radical (unpaired) electrons. The van der Waals surface area contributed by atoms with Crippen LogP contribution in [0.25, 0.3) is 10.4 Å². The lowest BCUT2D eigenvalue weighted by Gasteiger charge is -2.39. The Hall–Kier alpha value is -3.57. The van der Waals surface area contributed by atoms with Crippen molar-refractivity contribution in [3.8, 4) is 16.5 Å². The Morgan fingerprint density at radius 3 is 2.58 bits per heavy atom. The van der Waals surface area contributed by atoms with E-state index in [9.17, 15) is 9.18 Å². The van der Waals surface area contributed by atoms with Gasteiger partial charge in [0.15, 0.2) is 5.96 Å². The molecule has 0 aliphatic carbocycles. The lowest BCUT2D eigenvalue weighted by atomic mass is 9.78. The highest BCUT2D eigenvalue weighted by molar-refractivity contribution is 7.15. The normalized spacial score (nSPS) is 20.6. The van der Waals surface area contributed by atoms with Crippen LogP contribution >= 0.6 is 11.3 Å². The summed E-state index contributed by atoms with van der Waals surface area (Å²) in [6.07, 6.45) is 1.66. The van der Waals surface area contributed by atoms with E-state index in [1.807, 2.05) is 37.3 Å². The van der Waals surface area contributed by atoms with E-state index in [-0.39, 0.29) is 17.4 Å². The molecule has 2 N–H and O–H groups in total. The Balaban J connectivity index is 1.81. The second-order valence-corrected chi connectivity index (χ2v) is 9.64.